The number of aromatic nitrogens is 2. The van der Waals surface area contributed by atoms with Crippen molar-refractivity contribution >= 4 is 7.25 Å². The third kappa shape index (κ3) is 8.76. The van der Waals surface area contributed by atoms with Gasteiger partial charge in [-0.1, -0.05) is 4.68 Å². The number of hydrogen-bond donors (Lipinski definition) is 0. The maximum Gasteiger partial charge on any atom is 0.673 e. The summed E-state index contributed by atoms with van der Waals surface area (Å²) in [4.78, 5) is 0. The van der Waals surface area contributed by atoms with Gasteiger partial charge in [0.25, 0.3) is 0 Å². The zero-order valence-electron chi connectivity index (χ0n) is 7.62. The molecule has 14 heavy (non-hydrogen) atoms. The van der Waals surface area contributed by atoms with Gasteiger partial charge in [0, 0.05) is 6.07 Å². The van der Waals surface area contributed by atoms with Crippen molar-refractivity contribution in [3.05, 3.63) is 18.5 Å². The van der Waals surface area contributed by atoms with Gasteiger partial charge >= 0.3 is 7.25 Å². The predicted molar refractivity (Wildman–Crippen MR) is 42.2 cm³/mol. The van der Waals surface area contributed by atoms with Crippen LogP contribution in [0, 0.1) is 0 Å². The first kappa shape index (κ1) is 12.7. The molecule has 0 aliphatic rings. The Bertz CT molecular complexity index is 258. The fraction of sp³-hybridized carbons (Fsp3) is 0.333. The van der Waals surface area contributed by atoms with E-state index in [1.165, 1.54) is 0 Å². The molecule has 0 aliphatic carbocycles. The number of aryl methyl sites for hydroxylation is 1. The monoisotopic (exact) mass is 212 g/mol. The average Bonchev–Trinajstić information content (AvgIpc) is 2.03. The van der Waals surface area contributed by atoms with Crippen LogP contribution in [0.1, 0.15) is 0 Å². The largest absolute Gasteiger partial charge is 0.673 e. The van der Waals surface area contributed by atoms with E-state index in [-0.39, 0.29) is 0 Å². The Morgan fingerprint density at radius 2 is 1.86 bits per heavy atom. The molecule has 3 nitrogen and oxygen atoms in total. The molecule has 0 fully saturated rings. The van der Waals surface area contributed by atoms with Crippen LogP contribution in [-0.2, 0) is 7.05 Å². The third-order valence-electron chi connectivity index (χ3n) is 1.06. The second-order valence-corrected chi connectivity index (χ2v) is 2.24. The minimum atomic E-state index is -6.00. The van der Waals surface area contributed by atoms with Gasteiger partial charge in [-0.2, -0.15) is 0 Å². The number of rotatable bonds is 1. The van der Waals surface area contributed by atoms with Crippen LogP contribution >= 0.6 is 0 Å². The van der Waals surface area contributed by atoms with Crippen LogP contribution in [-0.4, -0.2) is 19.5 Å². The molecule has 1 heterocycles. The zero-order chi connectivity index (χ0) is 11.2. The number of methoxy groups -OCH3 is 1. The first-order chi connectivity index (χ1) is 6.33. The Balaban J connectivity index is 0.000000292. The van der Waals surface area contributed by atoms with Crippen molar-refractivity contribution in [2.75, 3.05) is 7.11 Å². The van der Waals surface area contributed by atoms with Crippen LogP contribution in [0.3, 0.4) is 0 Å². The maximum atomic E-state index is 9.75. The molecule has 0 atom stereocenters. The highest BCUT2D eigenvalue weighted by atomic mass is 19.5. The Hall–Kier alpha value is -1.34. The highest BCUT2D eigenvalue weighted by molar-refractivity contribution is 6.50. The summed E-state index contributed by atoms with van der Waals surface area (Å²) in [6.45, 7) is 0. The van der Waals surface area contributed by atoms with Crippen molar-refractivity contribution in [3.8, 4) is 5.75 Å². The van der Waals surface area contributed by atoms with Crippen LogP contribution in [0.15, 0.2) is 18.5 Å². The summed E-state index contributed by atoms with van der Waals surface area (Å²) in [5.74, 6) is 0.785. The summed E-state index contributed by atoms with van der Waals surface area (Å²) in [6, 6.07) is 1.85. The van der Waals surface area contributed by atoms with Gasteiger partial charge in [-0.15, -0.1) is 0 Å². The summed E-state index contributed by atoms with van der Waals surface area (Å²) in [7, 11) is -2.52. The molecule has 0 bridgehead atoms. The fourth-order valence-electron chi connectivity index (χ4n) is 0.532. The summed E-state index contributed by atoms with van der Waals surface area (Å²) in [5, 5.41) is 3.94. The third-order valence-corrected chi connectivity index (χ3v) is 1.06. The lowest BCUT2D eigenvalue weighted by Gasteiger charge is -1.94. The van der Waals surface area contributed by atoms with Crippen molar-refractivity contribution in [2.24, 2.45) is 7.05 Å². The van der Waals surface area contributed by atoms with Gasteiger partial charge in [0.05, 0.1) is 7.11 Å². The molecule has 1 rings (SSSR count). The van der Waals surface area contributed by atoms with E-state index in [1.807, 2.05) is 19.3 Å². The lowest BCUT2D eigenvalue weighted by atomic mass is 10.3. The van der Waals surface area contributed by atoms with Crippen molar-refractivity contribution in [1.82, 2.24) is 5.10 Å². The molecule has 0 aromatic carbocycles. The fourth-order valence-corrected chi connectivity index (χ4v) is 0.532. The van der Waals surface area contributed by atoms with Gasteiger partial charge in [-0.3, -0.25) is 0 Å². The quantitative estimate of drug-likeness (QED) is 0.397. The van der Waals surface area contributed by atoms with Crippen molar-refractivity contribution < 1.29 is 26.7 Å². The van der Waals surface area contributed by atoms with Crippen LogP contribution in [0.5, 0.6) is 5.75 Å². The van der Waals surface area contributed by atoms with Crippen molar-refractivity contribution in [2.45, 2.75) is 0 Å². The molecular formula is C6H9BF4N2O. The van der Waals surface area contributed by atoms with Crippen LogP contribution in [0.4, 0.5) is 17.3 Å². The molecule has 0 amide bonds. The maximum absolute atomic E-state index is 9.75. The molecule has 80 valence electrons. The minimum absolute atomic E-state index is 0.785. The molecule has 1 aromatic heterocycles. The molecule has 0 aliphatic heterocycles. The van der Waals surface area contributed by atoms with Gasteiger partial charge in [-0.05, 0) is 5.10 Å². The average molecular weight is 212 g/mol. The first-order valence-corrected chi connectivity index (χ1v) is 3.56. The predicted octanol–water partition coefficient (Wildman–Crippen LogP) is 1.21. The summed E-state index contributed by atoms with van der Waals surface area (Å²) < 4.78 is 45.6. The summed E-state index contributed by atoms with van der Waals surface area (Å²) >= 11 is 0. The Morgan fingerprint density at radius 3 is 2.14 bits per heavy atom. The van der Waals surface area contributed by atoms with E-state index in [4.69, 9.17) is 4.74 Å². The Labute approximate surface area is 78.4 Å². The molecule has 0 radical (unpaired) electrons. The highest BCUT2D eigenvalue weighted by Crippen LogP contribution is 2.06. The van der Waals surface area contributed by atoms with Gasteiger partial charge in [0.2, 0.25) is 0 Å². The lowest BCUT2D eigenvalue weighted by molar-refractivity contribution is -0.730. The van der Waals surface area contributed by atoms with Crippen LogP contribution in [0.25, 0.3) is 0 Å². The van der Waals surface area contributed by atoms with E-state index in [2.05, 4.69) is 5.10 Å². The Kier molecular flexibility index (Phi) is 4.89. The lowest BCUT2D eigenvalue weighted by Crippen LogP contribution is -2.31. The van der Waals surface area contributed by atoms with E-state index < -0.39 is 7.25 Å². The molecule has 0 saturated heterocycles. The van der Waals surface area contributed by atoms with Gasteiger partial charge in [0.1, 0.15) is 11.9 Å². The SMILES string of the molecule is COc1cc[n+](C)nc1.F[B-](F)(F)F. The van der Waals surface area contributed by atoms with Crippen molar-refractivity contribution in [1.29, 1.82) is 0 Å². The topological polar surface area (TPSA) is 26.0 Å². The molecule has 0 N–H and O–H groups in total. The second kappa shape index (κ2) is 5.41. The number of hydrogen-bond acceptors (Lipinski definition) is 2. The normalized spacial score (nSPS) is 10.1. The molecule has 0 saturated carbocycles. The molecule has 8 heteroatoms. The molecule has 1 aromatic rings. The highest BCUT2D eigenvalue weighted by Gasteiger charge is 2.20. The van der Waals surface area contributed by atoms with Gasteiger partial charge in [0.15, 0.2) is 13.2 Å². The van der Waals surface area contributed by atoms with E-state index >= 15 is 0 Å². The molecular weight excluding hydrogens is 203 g/mol. The van der Waals surface area contributed by atoms with Crippen molar-refractivity contribution in [3.63, 3.8) is 0 Å². The first-order valence-electron chi connectivity index (χ1n) is 3.56. The van der Waals surface area contributed by atoms with Crippen LogP contribution < -0.4 is 9.42 Å². The summed E-state index contributed by atoms with van der Waals surface area (Å²) in [6.07, 6.45) is 3.50. The second-order valence-electron chi connectivity index (χ2n) is 2.24. The smallest absolute Gasteiger partial charge is 0.495 e. The van der Waals surface area contributed by atoms with Crippen LogP contribution in [0.2, 0.25) is 0 Å². The number of ether oxygens (including phenoxy) is 1. The van der Waals surface area contributed by atoms with E-state index in [0.29, 0.717) is 0 Å². The number of nitrogens with zero attached hydrogens (tertiary/aromatic N) is 2. The number of halogens is 4. The standard InChI is InChI=1S/C6H9N2O.BF4/c1-8-4-3-6(9-2)5-7-8;2-1(3,4)5/h3-5H,1-2H3;/q+1;-1. The zero-order valence-corrected chi connectivity index (χ0v) is 7.62. The Morgan fingerprint density at radius 1 is 1.36 bits per heavy atom. The van der Waals surface area contributed by atoms with Gasteiger partial charge in [-0.25, -0.2) is 0 Å². The van der Waals surface area contributed by atoms with Gasteiger partial charge < -0.3 is 22.0 Å². The molecule has 0 spiro atoms. The molecule has 0 unspecified atom stereocenters. The van der Waals surface area contributed by atoms with E-state index in [1.54, 1.807) is 18.0 Å². The van der Waals surface area contributed by atoms with E-state index in [9.17, 15) is 17.3 Å². The van der Waals surface area contributed by atoms with E-state index in [0.717, 1.165) is 5.75 Å². The summed E-state index contributed by atoms with van der Waals surface area (Å²) in [5.41, 5.74) is 0. The minimum Gasteiger partial charge on any atom is -0.495 e.